The topological polar surface area (TPSA) is 108 Å². The number of nitrogens with zero attached hydrogens (tertiary/aromatic N) is 6. The lowest BCUT2D eigenvalue weighted by Gasteiger charge is -2.32. The highest BCUT2D eigenvalue weighted by molar-refractivity contribution is 5.94. The number of aromatic nitrogens is 2. The van der Waals surface area contributed by atoms with Gasteiger partial charge in [-0.1, -0.05) is 24.3 Å². The van der Waals surface area contributed by atoms with Crippen molar-refractivity contribution in [2.24, 2.45) is 0 Å². The molecule has 3 heterocycles. The van der Waals surface area contributed by atoms with Crippen LogP contribution in [0, 0.1) is 0 Å². The Morgan fingerprint density at radius 1 is 1.11 bits per heavy atom. The van der Waals surface area contributed by atoms with Crippen molar-refractivity contribution in [2.75, 3.05) is 49.3 Å². The van der Waals surface area contributed by atoms with Gasteiger partial charge >= 0.3 is 0 Å². The molecule has 1 aromatic heterocycles. The molecule has 1 fully saturated rings. The average Bonchev–Trinajstić information content (AvgIpc) is 3.53. The third-order valence-electron chi connectivity index (χ3n) is 6.68. The van der Waals surface area contributed by atoms with Gasteiger partial charge in [0.2, 0.25) is 5.91 Å². The fourth-order valence-corrected chi connectivity index (χ4v) is 4.92. The van der Waals surface area contributed by atoms with Crippen LogP contribution in [0.1, 0.15) is 6.42 Å². The number of nitrogens with two attached hydrogens (primary N) is 1. The summed E-state index contributed by atoms with van der Waals surface area (Å²) in [5.74, 6) is 2.24. The Morgan fingerprint density at radius 2 is 1.84 bits per heavy atom. The molecule has 1 unspecified atom stereocenters. The molecule has 1 amide bonds. The number of hydrogen-bond acceptors (Lipinski definition) is 9. The number of carbonyl (C=O) groups excluding carboxylic acids is 2. The monoisotopic (exact) mass is 513 g/mol. The minimum absolute atomic E-state index is 0.0375. The van der Waals surface area contributed by atoms with Crippen molar-refractivity contribution in [3.05, 3.63) is 73.1 Å². The van der Waals surface area contributed by atoms with Crippen molar-refractivity contribution in [3.8, 4) is 11.5 Å². The molecular formula is C28H31N7O3. The Bertz CT molecular complexity index is 1310. The number of rotatable bonds is 8. The van der Waals surface area contributed by atoms with E-state index in [0.29, 0.717) is 43.3 Å². The minimum atomic E-state index is -0.686. The van der Waals surface area contributed by atoms with Crippen LogP contribution in [0.5, 0.6) is 11.5 Å². The number of para-hydroxylation sites is 1. The normalized spacial score (nSPS) is 18.9. The summed E-state index contributed by atoms with van der Waals surface area (Å²) in [7, 11) is 3.91. The number of aldehydes is 1. The zero-order valence-electron chi connectivity index (χ0n) is 21.5. The Labute approximate surface area is 221 Å². The minimum Gasteiger partial charge on any atom is -0.457 e. The summed E-state index contributed by atoms with van der Waals surface area (Å²) in [5, 5.41) is 0. The lowest BCUT2D eigenvalue weighted by Crippen LogP contribution is -2.49. The second kappa shape index (κ2) is 10.9. The second-order valence-electron chi connectivity index (χ2n) is 9.56. The van der Waals surface area contributed by atoms with E-state index in [1.54, 1.807) is 11.0 Å². The third kappa shape index (κ3) is 5.03. The molecule has 2 N–H and O–H groups in total. The van der Waals surface area contributed by atoms with Gasteiger partial charge in [0.15, 0.2) is 24.1 Å². The number of likely N-dealkylation sites (tertiary alicyclic amines) is 1. The summed E-state index contributed by atoms with van der Waals surface area (Å²) in [5.41, 5.74) is 7.66. The van der Waals surface area contributed by atoms with Crippen LogP contribution in [-0.4, -0.2) is 77.9 Å². The number of benzene rings is 2. The van der Waals surface area contributed by atoms with Crippen LogP contribution in [0.15, 0.2) is 73.1 Å². The molecule has 2 aliphatic rings. The zero-order chi connectivity index (χ0) is 26.6. The number of ether oxygens (including phenoxy) is 1. The largest absolute Gasteiger partial charge is 0.457 e. The van der Waals surface area contributed by atoms with Crippen molar-refractivity contribution in [2.45, 2.75) is 18.6 Å². The van der Waals surface area contributed by atoms with Gasteiger partial charge in [0.05, 0.1) is 6.04 Å². The molecule has 0 saturated carbocycles. The van der Waals surface area contributed by atoms with Gasteiger partial charge in [0.25, 0.3) is 0 Å². The van der Waals surface area contributed by atoms with Crippen molar-refractivity contribution in [3.63, 3.8) is 0 Å². The van der Waals surface area contributed by atoms with Gasteiger partial charge in [-0.15, -0.1) is 0 Å². The van der Waals surface area contributed by atoms with Crippen molar-refractivity contribution >= 4 is 35.2 Å². The van der Waals surface area contributed by atoms with Crippen LogP contribution in [-0.2, 0) is 9.59 Å². The van der Waals surface area contributed by atoms with Gasteiger partial charge in [-0.2, -0.15) is 0 Å². The molecule has 2 aliphatic heterocycles. The molecule has 1 saturated heterocycles. The van der Waals surface area contributed by atoms with Gasteiger partial charge in [-0.3, -0.25) is 9.59 Å². The molecule has 196 valence electrons. The standard InChI is InChI=1S/C28H31N7O3/c1-32(2)15-6-9-25(37)33-16-14-21(17-33)35-24(18-36)34(26-27(29)30-19-31-28(26)35)20-10-12-23(13-11-20)38-22-7-4-3-5-8-22/h3-13,18-19,21,24H,14-17H2,1-2H3,(H2,29,30,31)/b9-6+/t21-,24?/m1/s1. The maximum Gasteiger partial charge on any atom is 0.246 e. The quantitative estimate of drug-likeness (QED) is 0.359. The maximum absolute atomic E-state index is 12.8. The Kier molecular flexibility index (Phi) is 7.23. The number of likely N-dealkylation sites (N-methyl/N-ethyl adjacent to an activating group) is 1. The molecule has 0 radical (unpaired) electrons. The van der Waals surface area contributed by atoms with Crippen LogP contribution in [0.25, 0.3) is 0 Å². The van der Waals surface area contributed by atoms with Gasteiger partial charge in [-0.05, 0) is 56.9 Å². The average molecular weight is 514 g/mol. The van der Waals surface area contributed by atoms with Gasteiger partial charge in [-0.25, -0.2) is 9.97 Å². The first kappa shape index (κ1) is 25.2. The van der Waals surface area contributed by atoms with E-state index >= 15 is 0 Å². The molecule has 0 aliphatic carbocycles. The molecule has 10 heteroatoms. The SMILES string of the molecule is CN(C)C/C=C/C(=O)N1CC[C@@H](N2c3ncnc(N)c3N(c3ccc(Oc4ccccc4)cc3)C2C=O)C1. The molecule has 0 spiro atoms. The van der Waals surface area contributed by atoms with E-state index in [4.69, 9.17) is 10.5 Å². The molecule has 2 aromatic carbocycles. The number of hydrogen-bond donors (Lipinski definition) is 1. The molecule has 3 aromatic rings. The summed E-state index contributed by atoms with van der Waals surface area (Å²) in [6.07, 6.45) is 5.79. The highest BCUT2D eigenvalue weighted by Gasteiger charge is 2.45. The molecule has 10 nitrogen and oxygen atoms in total. The molecule has 38 heavy (non-hydrogen) atoms. The highest BCUT2D eigenvalue weighted by atomic mass is 16.5. The number of anilines is 4. The first-order chi connectivity index (χ1) is 18.5. The highest BCUT2D eigenvalue weighted by Crippen LogP contribution is 2.47. The molecule has 5 rings (SSSR count). The van der Waals surface area contributed by atoms with Crippen molar-refractivity contribution < 1.29 is 14.3 Å². The predicted octanol–water partition coefficient (Wildman–Crippen LogP) is 3.05. The predicted molar refractivity (Wildman–Crippen MR) is 147 cm³/mol. The van der Waals surface area contributed by atoms with Crippen LogP contribution < -0.4 is 20.3 Å². The summed E-state index contributed by atoms with van der Waals surface area (Å²) in [4.78, 5) is 41.7. The van der Waals surface area contributed by atoms with Gasteiger partial charge in [0, 0.05) is 31.4 Å². The second-order valence-corrected chi connectivity index (χ2v) is 9.56. The Hall–Kier alpha value is -4.44. The lowest BCUT2D eigenvalue weighted by atomic mass is 10.2. The van der Waals surface area contributed by atoms with E-state index in [1.807, 2.05) is 89.5 Å². The van der Waals surface area contributed by atoms with Gasteiger partial charge < -0.3 is 30.1 Å². The van der Waals surface area contributed by atoms with E-state index in [0.717, 1.165) is 17.7 Å². The van der Waals surface area contributed by atoms with E-state index in [-0.39, 0.29) is 17.8 Å². The smallest absolute Gasteiger partial charge is 0.246 e. The van der Waals surface area contributed by atoms with Crippen LogP contribution in [0.2, 0.25) is 0 Å². The van der Waals surface area contributed by atoms with E-state index in [1.165, 1.54) is 6.33 Å². The molecular weight excluding hydrogens is 482 g/mol. The number of nitrogen functional groups attached to an aromatic ring is 1. The maximum atomic E-state index is 12.8. The Balaban J connectivity index is 1.40. The Morgan fingerprint density at radius 3 is 2.55 bits per heavy atom. The summed E-state index contributed by atoms with van der Waals surface area (Å²) < 4.78 is 5.93. The van der Waals surface area contributed by atoms with Gasteiger partial charge in [0.1, 0.15) is 23.5 Å². The lowest BCUT2D eigenvalue weighted by molar-refractivity contribution is -0.125. The fourth-order valence-electron chi connectivity index (χ4n) is 4.92. The van der Waals surface area contributed by atoms with Crippen LogP contribution in [0.4, 0.5) is 23.0 Å². The van der Waals surface area contributed by atoms with Crippen molar-refractivity contribution in [1.29, 1.82) is 0 Å². The first-order valence-corrected chi connectivity index (χ1v) is 12.5. The number of fused-ring (bicyclic) bond motifs is 1. The third-order valence-corrected chi connectivity index (χ3v) is 6.68. The summed E-state index contributed by atoms with van der Waals surface area (Å²) >= 11 is 0. The fraction of sp³-hybridized carbons (Fsp3) is 0.286. The zero-order valence-corrected chi connectivity index (χ0v) is 21.5. The molecule has 0 bridgehead atoms. The van der Waals surface area contributed by atoms with E-state index in [9.17, 15) is 9.59 Å². The first-order valence-electron chi connectivity index (χ1n) is 12.5. The van der Waals surface area contributed by atoms with E-state index in [2.05, 4.69) is 9.97 Å². The number of carbonyl (C=O) groups is 2. The van der Waals surface area contributed by atoms with Crippen molar-refractivity contribution in [1.82, 2.24) is 19.8 Å². The van der Waals surface area contributed by atoms with Crippen LogP contribution in [0.3, 0.4) is 0 Å². The van der Waals surface area contributed by atoms with Crippen LogP contribution >= 0.6 is 0 Å². The summed E-state index contributed by atoms with van der Waals surface area (Å²) in [6.45, 7) is 1.77. The molecule has 2 atom stereocenters. The number of amides is 1. The summed E-state index contributed by atoms with van der Waals surface area (Å²) in [6, 6.07) is 16.9. The van der Waals surface area contributed by atoms with E-state index < -0.39 is 6.17 Å².